The zero-order valence-electron chi connectivity index (χ0n) is 23.7. The molecule has 40 heavy (non-hydrogen) atoms. The molecule has 1 saturated carbocycles. The minimum Gasteiger partial charge on any atom is -0.497 e. The molecule has 2 aliphatic rings. The minimum absolute atomic E-state index is 0.0451. The van der Waals surface area contributed by atoms with Crippen molar-refractivity contribution in [3.8, 4) is 11.5 Å². The van der Waals surface area contributed by atoms with Gasteiger partial charge in [0, 0.05) is 30.9 Å². The molecule has 1 aromatic heterocycles. The summed E-state index contributed by atoms with van der Waals surface area (Å²) < 4.78 is 10.8. The van der Waals surface area contributed by atoms with E-state index in [1.165, 1.54) is 12.8 Å². The Morgan fingerprint density at radius 1 is 1.05 bits per heavy atom. The summed E-state index contributed by atoms with van der Waals surface area (Å²) in [6, 6.07) is 12.6. The number of carbonyl (C=O) groups excluding carboxylic acids is 2. The highest BCUT2D eigenvalue weighted by Gasteiger charge is 2.41. The number of benzene rings is 2. The van der Waals surface area contributed by atoms with Crippen molar-refractivity contribution in [2.75, 3.05) is 48.2 Å². The quantitative estimate of drug-likeness (QED) is 0.416. The molecule has 2 amide bonds. The van der Waals surface area contributed by atoms with Crippen molar-refractivity contribution < 1.29 is 19.1 Å². The zero-order chi connectivity index (χ0) is 28.4. The number of methoxy groups -OCH3 is 2. The maximum absolute atomic E-state index is 13.3. The predicted octanol–water partition coefficient (Wildman–Crippen LogP) is 5.24. The van der Waals surface area contributed by atoms with E-state index in [4.69, 9.17) is 14.5 Å². The van der Waals surface area contributed by atoms with Crippen molar-refractivity contribution in [1.82, 2.24) is 9.97 Å². The summed E-state index contributed by atoms with van der Waals surface area (Å²) in [6.45, 7) is 4.57. The second-order valence-electron chi connectivity index (χ2n) is 10.9. The van der Waals surface area contributed by atoms with E-state index in [2.05, 4.69) is 20.5 Å². The number of fused-ring (bicyclic) bond motifs is 1. The van der Waals surface area contributed by atoms with Gasteiger partial charge in [0.25, 0.3) is 5.91 Å². The van der Waals surface area contributed by atoms with Crippen LogP contribution in [0.2, 0.25) is 0 Å². The van der Waals surface area contributed by atoms with Gasteiger partial charge in [-0.15, -0.1) is 0 Å². The topological polar surface area (TPSA) is 109 Å². The van der Waals surface area contributed by atoms with Crippen LogP contribution in [0.1, 0.15) is 49.9 Å². The summed E-state index contributed by atoms with van der Waals surface area (Å²) in [7, 11) is 4.93. The van der Waals surface area contributed by atoms with Crippen molar-refractivity contribution in [3.63, 3.8) is 0 Å². The van der Waals surface area contributed by atoms with Crippen molar-refractivity contribution in [3.05, 3.63) is 54.2 Å². The fraction of sp³-hybridized carbons (Fsp3) is 0.400. The fourth-order valence-electron chi connectivity index (χ4n) is 5.46. The molecule has 1 fully saturated rings. The lowest BCUT2D eigenvalue weighted by atomic mass is 9.91. The number of anilines is 5. The number of carbonyl (C=O) groups is 2. The molecule has 10 nitrogen and oxygen atoms in total. The Labute approximate surface area is 234 Å². The first kappa shape index (κ1) is 27.2. The van der Waals surface area contributed by atoms with Crippen molar-refractivity contribution in [2.45, 2.75) is 45.6 Å². The number of amides is 2. The summed E-state index contributed by atoms with van der Waals surface area (Å²) in [4.78, 5) is 39.6. The Balaban J connectivity index is 1.41. The van der Waals surface area contributed by atoms with Gasteiger partial charge in [-0.25, -0.2) is 4.98 Å². The van der Waals surface area contributed by atoms with E-state index in [0.717, 1.165) is 18.7 Å². The lowest BCUT2D eigenvalue weighted by Crippen LogP contribution is -2.45. The highest BCUT2D eigenvalue weighted by molar-refractivity contribution is 6.05. The Morgan fingerprint density at radius 3 is 2.45 bits per heavy atom. The van der Waals surface area contributed by atoms with Crippen LogP contribution in [-0.4, -0.2) is 55.6 Å². The smallest absolute Gasteiger partial charge is 0.255 e. The average molecular weight is 545 g/mol. The normalized spacial score (nSPS) is 16.8. The number of rotatable bonds is 7. The van der Waals surface area contributed by atoms with E-state index in [9.17, 15) is 9.59 Å². The van der Waals surface area contributed by atoms with Gasteiger partial charge in [0.05, 0.1) is 31.5 Å². The number of nitrogens with one attached hydrogen (secondary N) is 2. The molecule has 0 radical (unpaired) electrons. The third-order valence-corrected chi connectivity index (χ3v) is 7.66. The second-order valence-corrected chi connectivity index (χ2v) is 10.9. The van der Waals surface area contributed by atoms with Gasteiger partial charge in [0.2, 0.25) is 11.9 Å². The maximum atomic E-state index is 13.3. The van der Waals surface area contributed by atoms with Crippen molar-refractivity contribution in [2.24, 2.45) is 5.41 Å². The van der Waals surface area contributed by atoms with Crippen LogP contribution in [0.5, 0.6) is 11.5 Å². The summed E-state index contributed by atoms with van der Waals surface area (Å²) in [5.41, 5.74) is 1.86. The number of nitrogens with zero attached hydrogens (tertiary/aromatic N) is 4. The number of hydrogen-bond donors (Lipinski definition) is 2. The predicted molar refractivity (Wildman–Crippen MR) is 156 cm³/mol. The van der Waals surface area contributed by atoms with Gasteiger partial charge in [0.1, 0.15) is 17.2 Å². The molecule has 0 bridgehead atoms. The van der Waals surface area contributed by atoms with Crippen LogP contribution in [-0.2, 0) is 4.79 Å². The van der Waals surface area contributed by atoms with Gasteiger partial charge in [-0.1, -0.05) is 12.8 Å². The molecule has 2 heterocycles. The molecular formula is C30H36N6O4. The molecular weight excluding hydrogens is 508 g/mol. The first-order valence-electron chi connectivity index (χ1n) is 13.5. The third-order valence-electron chi connectivity index (χ3n) is 7.66. The monoisotopic (exact) mass is 544 g/mol. The SMILES string of the molecule is COc1ccc(NC(=O)c2ccc(Nc3ncc4c(n3)N(C3CCCC3)CC(C)(C)C(=O)N4C)c(OC)c2)cc1. The Bertz CT molecular complexity index is 1400. The molecule has 1 aliphatic carbocycles. The maximum Gasteiger partial charge on any atom is 0.255 e. The van der Waals surface area contributed by atoms with Crippen LogP contribution in [0.25, 0.3) is 0 Å². The van der Waals surface area contributed by atoms with Gasteiger partial charge < -0.3 is 29.9 Å². The molecule has 210 valence electrons. The second kappa shape index (κ2) is 11.0. The first-order chi connectivity index (χ1) is 19.2. The van der Waals surface area contributed by atoms with Crippen LogP contribution in [0.15, 0.2) is 48.7 Å². The molecule has 0 spiro atoms. The van der Waals surface area contributed by atoms with Crippen LogP contribution in [0, 0.1) is 5.41 Å². The van der Waals surface area contributed by atoms with Gasteiger partial charge in [-0.05, 0) is 69.2 Å². The van der Waals surface area contributed by atoms with E-state index < -0.39 is 5.41 Å². The molecule has 3 aromatic rings. The van der Waals surface area contributed by atoms with E-state index in [1.54, 1.807) is 74.8 Å². The van der Waals surface area contributed by atoms with Crippen LogP contribution < -0.4 is 29.9 Å². The van der Waals surface area contributed by atoms with E-state index >= 15 is 0 Å². The van der Waals surface area contributed by atoms with Crippen LogP contribution >= 0.6 is 0 Å². The van der Waals surface area contributed by atoms with Crippen molar-refractivity contribution in [1.29, 1.82) is 0 Å². The standard InChI is InChI=1S/C30H36N6O4/c1-30(2)18-36(21-8-6-7-9-21)26-24(35(3)28(30)38)17-31-29(34-26)33-23-15-10-19(16-25(23)40-5)27(37)32-20-11-13-22(39-4)14-12-20/h10-17,21H,6-9,18H2,1-5H3,(H,32,37)(H,31,33,34). The molecule has 0 unspecified atom stereocenters. The summed E-state index contributed by atoms with van der Waals surface area (Å²) in [6.07, 6.45) is 6.20. The number of hydrogen-bond acceptors (Lipinski definition) is 8. The molecule has 2 N–H and O–H groups in total. The lowest BCUT2D eigenvalue weighted by Gasteiger charge is -2.34. The summed E-state index contributed by atoms with van der Waals surface area (Å²) in [5, 5.41) is 6.14. The molecule has 5 rings (SSSR count). The van der Waals surface area contributed by atoms with E-state index in [1.807, 2.05) is 13.8 Å². The third kappa shape index (κ3) is 5.38. The summed E-state index contributed by atoms with van der Waals surface area (Å²) >= 11 is 0. The zero-order valence-corrected chi connectivity index (χ0v) is 23.7. The number of aromatic nitrogens is 2. The van der Waals surface area contributed by atoms with Crippen LogP contribution in [0.4, 0.5) is 28.8 Å². The first-order valence-corrected chi connectivity index (χ1v) is 13.5. The molecule has 10 heteroatoms. The van der Waals surface area contributed by atoms with E-state index in [0.29, 0.717) is 52.7 Å². The van der Waals surface area contributed by atoms with Gasteiger partial charge in [-0.3, -0.25) is 9.59 Å². The minimum atomic E-state index is -0.558. The van der Waals surface area contributed by atoms with E-state index in [-0.39, 0.29) is 11.8 Å². The average Bonchev–Trinajstić information content (AvgIpc) is 3.48. The molecule has 0 saturated heterocycles. The highest BCUT2D eigenvalue weighted by atomic mass is 16.5. The molecule has 1 aliphatic heterocycles. The number of ether oxygens (including phenoxy) is 2. The Hall–Kier alpha value is -4.34. The molecule has 2 aromatic carbocycles. The Kier molecular flexibility index (Phi) is 7.51. The Morgan fingerprint density at radius 2 is 1.77 bits per heavy atom. The van der Waals surface area contributed by atoms with Crippen LogP contribution in [0.3, 0.4) is 0 Å². The van der Waals surface area contributed by atoms with Gasteiger partial charge >= 0.3 is 0 Å². The van der Waals surface area contributed by atoms with Gasteiger partial charge in [0.15, 0.2) is 5.82 Å². The van der Waals surface area contributed by atoms with Gasteiger partial charge in [-0.2, -0.15) is 4.98 Å². The lowest BCUT2D eigenvalue weighted by molar-refractivity contribution is -0.125. The summed E-state index contributed by atoms with van der Waals surface area (Å²) in [5.74, 6) is 2.10. The van der Waals surface area contributed by atoms with Crippen molar-refractivity contribution >= 4 is 40.6 Å². The highest BCUT2D eigenvalue weighted by Crippen LogP contribution is 2.40. The molecule has 0 atom stereocenters. The largest absolute Gasteiger partial charge is 0.497 e. The fourth-order valence-corrected chi connectivity index (χ4v) is 5.46.